The molecule has 6 nitrogen and oxygen atoms in total. The summed E-state index contributed by atoms with van der Waals surface area (Å²) in [7, 11) is 1.88. The summed E-state index contributed by atoms with van der Waals surface area (Å²) in [5, 5.41) is 5.43. The second-order valence-electron chi connectivity index (χ2n) is 10.1. The van der Waals surface area contributed by atoms with Crippen molar-refractivity contribution in [2.24, 2.45) is 18.9 Å². The number of fused-ring (bicyclic) bond motifs is 2. The Morgan fingerprint density at radius 3 is 2.77 bits per heavy atom. The van der Waals surface area contributed by atoms with Gasteiger partial charge >= 0.3 is 6.11 Å². The van der Waals surface area contributed by atoms with E-state index in [0.29, 0.717) is 24.8 Å². The van der Waals surface area contributed by atoms with E-state index in [1.165, 1.54) is 11.3 Å². The van der Waals surface area contributed by atoms with Crippen LogP contribution in [0.25, 0.3) is 10.9 Å². The summed E-state index contributed by atoms with van der Waals surface area (Å²) in [4.78, 5) is 20.8. The highest BCUT2D eigenvalue weighted by Crippen LogP contribution is 2.36. The van der Waals surface area contributed by atoms with Crippen LogP contribution in [0.5, 0.6) is 5.19 Å². The van der Waals surface area contributed by atoms with E-state index in [0.717, 1.165) is 85.6 Å². The Bertz CT molecular complexity index is 1190. The molecule has 188 valence electrons. The third-order valence-electron chi connectivity index (χ3n) is 7.31. The molecule has 9 heteroatoms. The van der Waals surface area contributed by atoms with E-state index in [1.54, 1.807) is 4.68 Å². The van der Waals surface area contributed by atoms with Crippen LogP contribution in [0.15, 0.2) is 24.4 Å². The molecule has 1 fully saturated rings. The van der Waals surface area contributed by atoms with Crippen molar-refractivity contribution in [2.45, 2.75) is 64.5 Å². The van der Waals surface area contributed by atoms with Crippen LogP contribution in [0.3, 0.4) is 0 Å². The van der Waals surface area contributed by atoms with Crippen molar-refractivity contribution < 1.29 is 18.3 Å². The molecule has 3 aromatic rings. The van der Waals surface area contributed by atoms with Crippen LogP contribution in [0.2, 0.25) is 0 Å². The number of carbonyl (C=O) groups excluding carboxylic acids is 1. The Morgan fingerprint density at radius 2 is 2.00 bits per heavy atom. The number of hydrogen-bond acceptors (Lipinski definition) is 6. The number of ether oxygens (including phenoxy) is 1. The fourth-order valence-corrected chi connectivity index (χ4v) is 6.46. The van der Waals surface area contributed by atoms with Gasteiger partial charge in [-0.2, -0.15) is 13.9 Å². The largest absolute Gasteiger partial charge is 0.406 e. The zero-order valence-corrected chi connectivity index (χ0v) is 21.1. The fraction of sp³-hybridized carbons (Fsp3) is 0.577. The number of aromatic nitrogens is 3. The summed E-state index contributed by atoms with van der Waals surface area (Å²) < 4.78 is 32.7. The van der Waals surface area contributed by atoms with E-state index in [2.05, 4.69) is 19.7 Å². The van der Waals surface area contributed by atoms with E-state index >= 15 is 0 Å². The molecule has 3 heterocycles. The minimum Gasteiger partial charge on any atom is -0.406 e. The Balaban J connectivity index is 1.07. The maximum Gasteiger partial charge on any atom is 0.396 e. The number of aryl methyl sites for hydroxylation is 1. The third-order valence-corrected chi connectivity index (χ3v) is 8.35. The van der Waals surface area contributed by atoms with Crippen molar-refractivity contribution in [1.29, 1.82) is 0 Å². The molecule has 0 unspecified atom stereocenters. The summed E-state index contributed by atoms with van der Waals surface area (Å²) in [6, 6.07) is 5.79. The number of halogens is 2. The van der Waals surface area contributed by atoms with Crippen molar-refractivity contribution in [1.82, 2.24) is 19.7 Å². The van der Waals surface area contributed by atoms with Crippen LogP contribution in [-0.4, -0.2) is 44.6 Å². The van der Waals surface area contributed by atoms with Crippen LogP contribution in [0.1, 0.15) is 66.4 Å². The molecular formula is C26H32F2N4O2S. The minimum absolute atomic E-state index is 0.0667. The molecule has 35 heavy (non-hydrogen) atoms. The summed E-state index contributed by atoms with van der Waals surface area (Å²) in [6.07, 6.45) is 5.83. The molecule has 0 bridgehead atoms. The molecule has 1 aliphatic carbocycles. The Labute approximate surface area is 208 Å². The van der Waals surface area contributed by atoms with Gasteiger partial charge in [-0.3, -0.25) is 14.4 Å². The van der Waals surface area contributed by atoms with Crippen molar-refractivity contribution >= 4 is 28.0 Å². The quantitative estimate of drug-likeness (QED) is 0.362. The van der Waals surface area contributed by atoms with E-state index in [9.17, 15) is 13.6 Å². The lowest BCUT2D eigenvalue weighted by atomic mass is 9.78. The molecule has 0 spiro atoms. The highest BCUT2D eigenvalue weighted by Gasteiger charge is 2.29. The average molecular weight is 503 g/mol. The third kappa shape index (κ3) is 5.89. The smallest absolute Gasteiger partial charge is 0.396 e. The lowest BCUT2D eigenvalue weighted by Gasteiger charge is -2.31. The van der Waals surface area contributed by atoms with Gasteiger partial charge in [0.25, 0.3) is 5.19 Å². The number of nitrogens with zero attached hydrogens (tertiary/aromatic N) is 4. The van der Waals surface area contributed by atoms with Gasteiger partial charge in [-0.05, 0) is 50.1 Å². The number of ketones is 1. The molecule has 0 amide bonds. The molecule has 0 radical (unpaired) electrons. The second kappa shape index (κ2) is 9.93. The van der Waals surface area contributed by atoms with E-state index in [-0.39, 0.29) is 11.0 Å². The predicted molar refractivity (Wildman–Crippen MR) is 132 cm³/mol. The average Bonchev–Trinajstić information content (AvgIpc) is 3.38. The first-order chi connectivity index (χ1) is 16.7. The highest BCUT2D eigenvalue weighted by molar-refractivity contribution is 7.13. The lowest BCUT2D eigenvalue weighted by Crippen LogP contribution is -2.32. The number of hydrogen-bond donors (Lipinski definition) is 0. The number of rotatable bonds is 8. The van der Waals surface area contributed by atoms with Crippen molar-refractivity contribution in [3.8, 4) is 5.19 Å². The molecule has 1 aromatic carbocycles. The monoisotopic (exact) mass is 502 g/mol. The number of Topliss-reactive ketones (excluding diaryl/α,β-unsaturated/α-hetero) is 1. The number of alkyl halides is 2. The number of benzene rings is 1. The van der Waals surface area contributed by atoms with Crippen molar-refractivity contribution in [3.05, 3.63) is 40.5 Å². The summed E-state index contributed by atoms with van der Waals surface area (Å²) in [5.74, 6) is 1.36. The Hall–Kier alpha value is -2.39. The van der Waals surface area contributed by atoms with E-state index in [4.69, 9.17) is 0 Å². The molecule has 0 N–H and O–H groups in total. The molecule has 0 saturated heterocycles. The van der Waals surface area contributed by atoms with Gasteiger partial charge in [-0.15, -0.1) is 0 Å². The van der Waals surface area contributed by atoms with Gasteiger partial charge in [0, 0.05) is 55.5 Å². The molecule has 1 saturated carbocycles. The molecule has 5 rings (SSSR count). The van der Waals surface area contributed by atoms with Crippen molar-refractivity contribution in [3.63, 3.8) is 0 Å². The highest BCUT2D eigenvalue weighted by atomic mass is 32.1. The Morgan fingerprint density at radius 1 is 1.23 bits per heavy atom. The standard InChI is InChI=1S/C26H32F2N4O2S/c1-26(27,28)34-25-29-22-16-32(13-11-24(22)35-25)12-10-17-6-8-18(9-7-17)14-23(33)19-4-3-5-21-20(19)15-31(2)30-21/h3-5,15,17-18H,6-14,16H2,1-2H3. The molecule has 2 aromatic heterocycles. The predicted octanol–water partition coefficient (Wildman–Crippen LogP) is 5.85. The SMILES string of the molecule is Cn1cc2c(C(=O)CC3CCC(CCN4CCc5sc(OC(C)(F)F)nc5C4)CC3)cccc2n1. The van der Waals surface area contributed by atoms with Crippen LogP contribution < -0.4 is 4.74 Å². The second-order valence-corrected chi connectivity index (χ2v) is 11.2. The first-order valence-electron chi connectivity index (χ1n) is 12.5. The van der Waals surface area contributed by atoms with Gasteiger partial charge < -0.3 is 4.74 Å². The molecule has 1 aliphatic heterocycles. The van der Waals surface area contributed by atoms with Gasteiger partial charge in [-0.1, -0.05) is 36.3 Å². The van der Waals surface area contributed by atoms with Crippen LogP contribution in [0, 0.1) is 11.8 Å². The van der Waals surface area contributed by atoms with Crippen LogP contribution >= 0.6 is 11.3 Å². The van der Waals surface area contributed by atoms with Gasteiger partial charge in [0.2, 0.25) is 0 Å². The first-order valence-corrected chi connectivity index (χ1v) is 13.3. The van der Waals surface area contributed by atoms with E-state index in [1.807, 2.05) is 31.4 Å². The zero-order valence-electron chi connectivity index (χ0n) is 20.3. The first kappa shape index (κ1) is 24.3. The van der Waals surface area contributed by atoms with Gasteiger partial charge in [0.05, 0.1) is 11.2 Å². The summed E-state index contributed by atoms with van der Waals surface area (Å²) >= 11 is 1.24. The maximum atomic E-state index is 13.1. The topological polar surface area (TPSA) is 60.2 Å². The van der Waals surface area contributed by atoms with Gasteiger partial charge in [0.1, 0.15) is 0 Å². The van der Waals surface area contributed by atoms with Gasteiger partial charge in [0.15, 0.2) is 5.78 Å². The molecule has 2 aliphatic rings. The Kier molecular flexibility index (Phi) is 6.90. The normalized spacial score (nSPS) is 21.3. The van der Waals surface area contributed by atoms with Crippen LogP contribution in [-0.2, 0) is 20.0 Å². The summed E-state index contributed by atoms with van der Waals surface area (Å²) in [6.45, 7) is 3.37. The lowest BCUT2D eigenvalue weighted by molar-refractivity contribution is -0.159. The van der Waals surface area contributed by atoms with Crippen molar-refractivity contribution in [2.75, 3.05) is 13.1 Å². The molecular weight excluding hydrogens is 470 g/mol. The maximum absolute atomic E-state index is 13.1. The van der Waals surface area contributed by atoms with Crippen LogP contribution in [0.4, 0.5) is 8.78 Å². The number of carbonyl (C=O) groups is 1. The van der Waals surface area contributed by atoms with E-state index < -0.39 is 6.11 Å². The number of thiazole rings is 1. The van der Waals surface area contributed by atoms with Gasteiger partial charge in [-0.25, -0.2) is 4.98 Å². The summed E-state index contributed by atoms with van der Waals surface area (Å²) in [5.41, 5.74) is 2.54. The fourth-order valence-electron chi connectivity index (χ4n) is 5.48. The zero-order chi connectivity index (χ0) is 24.6. The molecule has 0 atom stereocenters. The minimum atomic E-state index is -3.20.